The topological polar surface area (TPSA) is 104 Å². The molecule has 3 aromatic heterocycles. The minimum absolute atomic E-state index is 0.0609. The van der Waals surface area contributed by atoms with Crippen LogP contribution in [0, 0.1) is 20.8 Å². The van der Waals surface area contributed by atoms with Gasteiger partial charge in [0.1, 0.15) is 5.69 Å². The van der Waals surface area contributed by atoms with Crippen molar-refractivity contribution in [3.8, 4) is 11.6 Å². The van der Waals surface area contributed by atoms with Gasteiger partial charge in [-0.2, -0.15) is 10.2 Å². The van der Waals surface area contributed by atoms with Crippen LogP contribution in [0.15, 0.2) is 10.5 Å². The standard InChI is InChI=1S/C18H25N7O2/c1-6-25-13(4)14(12(3)23-25)10-19-16(26)7-8-17-20-21-18(27-17)15-9-11(2)22-24(15)5/h9H,6-8,10H2,1-5H3,(H,19,26). The zero-order valence-corrected chi connectivity index (χ0v) is 16.4. The maximum atomic E-state index is 12.2. The van der Waals surface area contributed by atoms with Gasteiger partial charge in [-0.15, -0.1) is 10.2 Å². The Bertz CT molecular complexity index is 951. The molecule has 27 heavy (non-hydrogen) atoms. The lowest BCUT2D eigenvalue weighted by Crippen LogP contribution is -2.23. The second-order valence-electron chi connectivity index (χ2n) is 6.54. The SMILES string of the molecule is CCn1nc(C)c(CNC(=O)CCc2nnc(-c3cc(C)nn3C)o2)c1C. The lowest BCUT2D eigenvalue weighted by molar-refractivity contribution is -0.121. The van der Waals surface area contributed by atoms with Gasteiger partial charge in [-0.3, -0.25) is 14.2 Å². The van der Waals surface area contributed by atoms with E-state index in [1.165, 1.54) is 0 Å². The summed E-state index contributed by atoms with van der Waals surface area (Å²) >= 11 is 0. The molecule has 1 N–H and O–H groups in total. The van der Waals surface area contributed by atoms with Gasteiger partial charge in [0.15, 0.2) is 0 Å². The van der Waals surface area contributed by atoms with E-state index in [4.69, 9.17) is 4.42 Å². The number of carbonyl (C=O) groups is 1. The highest BCUT2D eigenvalue weighted by molar-refractivity contribution is 5.76. The Balaban J connectivity index is 1.54. The Morgan fingerprint density at radius 1 is 1.22 bits per heavy atom. The molecular formula is C18H25N7O2. The Kier molecular flexibility index (Phi) is 5.38. The predicted octanol–water partition coefficient (Wildman–Crippen LogP) is 1.86. The molecule has 9 nitrogen and oxygen atoms in total. The number of nitrogens with one attached hydrogen (secondary N) is 1. The molecule has 0 atom stereocenters. The highest BCUT2D eigenvalue weighted by Gasteiger charge is 2.15. The van der Waals surface area contributed by atoms with E-state index in [0.717, 1.165) is 34.9 Å². The van der Waals surface area contributed by atoms with Gasteiger partial charge in [0.25, 0.3) is 5.89 Å². The van der Waals surface area contributed by atoms with E-state index in [1.54, 1.807) is 4.68 Å². The Labute approximate surface area is 157 Å². The van der Waals surface area contributed by atoms with Gasteiger partial charge in [0, 0.05) is 44.2 Å². The number of aryl methyl sites for hydroxylation is 5. The van der Waals surface area contributed by atoms with E-state index in [1.807, 2.05) is 45.5 Å². The van der Waals surface area contributed by atoms with E-state index in [-0.39, 0.29) is 12.3 Å². The first kappa shape index (κ1) is 18.8. The van der Waals surface area contributed by atoms with Crippen molar-refractivity contribution < 1.29 is 9.21 Å². The number of hydrogen-bond acceptors (Lipinski definition) is 6. The number of aromatic nitrogens is 6. The minimum Gasteiger partial charge on any atom is -0.419 e. The molecule has 0 fully saturated rings. The summed E-state index contributed by atoms with van der Waals surface area (Å²) in [6.07, 6.45) is 0.675. The van der Waals surface area contributed by atoms with Crippen LogP contribution in [0.5, 0.6) is 0 Å². The minimum atomic E-state index is -0.0609. The van der Waals surface area contributed by atoms with Crippen molar-refractivity contribution in [2.45, 2.75) is 53.6 Å². The summed E-state index contributed by atoms with van der Waals surface area (Å²) in [5.74, 6) is 0.783. The summed E-state index contributed by atoms with van der Waals surface area (Å²) in [5.41, 5.74) is 4.74. The molecule has 0 bridgehead atoms. The normalized spacial score (nSPS) is 11.1. The lowest BCUT2D eigenvalue weighted by Gasteiger charge is -2.05. The highest BCUT2D eigenvalue weighted by atomic mass is 16.4. The fourth-order valence-corrected chi connectivity index (χ4v) is 3.06. The third-order valence-electron chi connectivity index (χ3n) is 4.55. The van der Waals surface area contributed by atoms with Crippen LogP contribution in [0.2, 0.25) is 0 Å². The van der Waals surface area contributed by atoms with Crippen molar-refractivity contribution >= 4 is 5.91 Å². The van der Waals surface area contributed by atoms with Gasteiger partial charge in [0.05, 0.1) is 11.4 Å². The van der Waals surface area contributed by atoms with Crippen LogP contribution in [0.25, 0.3) is 11.6 Å². The zero-order chi connectivity index (χ0) is 19.6. The molecule has 3 heterocycles. The summed E-state index contributed by atoms with van der Waals surface area (Å²) in [7, 11) is 1.82. The Hall–Kier alpha value is -2.97. The van der Waals surface area contributed by atoms with Gasteiger partial charge in [-0.25, -0.2) is 0 Å². The van der Waals surface area contributed by atoms with Gasteiger partial charge in [-0.05, 0) is 33.8 Å². The third kappa shape index (κ3) is 4.07. The smallest absolute Gasteiger partial charge is 0.265 e. The number of hydrogen-bond donors (Lipinski definition) is 1. The van der Waals surface area contributed by atoms with Crippen molar-refractivity contribution in [3.05, 3.63) is 34.6 Å². The van der Waals surface area contributed by atoms with Crippen LogP contribution in [0.1, 0.15) is 41.9 Å². The first-order chi connectivity index (χ1) is 12.9. The van der Waals surface area contributed by atoms with E-state index in [0.29, 0.717) is 24.7 Å². The largest absolute Gasteiger partial charge is 0.419 e. The molecule has 0 spiro atoms. The maximum absolute atomic E-state index is 12.2. The number of carbonyl (C=O) groups excluding carboxylic acids is 1. The van der Waals surface area contributed by atoms with Crippen LogP contribution in [-0.4, -0.2) is 35.7 Å². The maximum Gasteiger partial charge on any atom is 0.265 e. The molecule has 0 aliphatic heterocycles. The van der Waals surface area contributed by atoms with Crippen molar-refractivity contribution in [2.24, 2.45) is 7.05 Å². The molecule has 0 saturated heterocycles. The van der Waals surface area contributed by atoms with Crippen molar-refractivity contribution in [2.75, 3.05) is 0 Å². The molecule has 0 radical (unpaired) electrons. The van der Waals surface area contributed by atoms with E-state index < -0.39 is 0 Å². The molecule has 144 valence electrons. The second-order valence-corrected chi connectivity index (χ2v) is 6.54. The average Bonchev–Trinajstić information content (AvgIpc) is 3.29. The molecule has 0 aromatic carbocycles. The Morgan fingerprint density at radius 2 is 2.00 bits per heavy atom. The molecule has 0 unspecified atom stereocenters. The molecule has 1 amide bonds. The first-order valence-corrected chi connectivity index (χ1v) is 9.02. The number of nitrogens with zero attached hydrogens (tertiary/aromatic N) is 6. The fraction of sp³-hybridized carbons (Fsp3) is 0.500. The van der Waals surface area contributed by atoms with Gasteiger partial charge < -0.3 is 9.73 Å². The van der Waals surface area contributed by atoms with E-state index in [2.05, 4.69) is 25.7 Å². The fourth-order valence-electron chi connectivity index (χ4n) is 3.06. The molecular weight excluding hydrogens is 346 g/mol. The van der Waals surface area contributed by atoms with Crippen LogP contribution in [-0.2, 0) is 31.4 Å². The summed E-state index contributed by atoms with van der Waals surface area (Å²) in [6.45, 7) is 9.22. The van der Waals surface area contributed by atoms with Crippen LogP contribution < -0.4 is 5.32 Å². The van der Waals surface area contributed by atoms with E-state index in [9.17, 15) is 4.79 Å². The quantitative estimate of drug-likeness (QED) is 0.680. The molecule has 0 saturated carbocycles. The van der Waals surface area contributed by atoms with Crippen LogP contribution in [0.3, 0.4) is 0 Å². The van der Waals surface area contributed by atoms with Crippen molar-refractivity contribution in [1.82, 2.24) is 35.1 Å². The molecule has 0 aliphatic rings. The summed E-state index contributed by atoms with van der Waals surface area (Å²) < 4.78 is 9.29. The van der Waals surface area contributed by atoms with Gasteiger partial charge >= 0.3 is 0 Å². The predicted molar refractivity (Wildman–Crippen MR) is 98.8 cm³/mol. The summed E-state index contributed by atoms with van der Waals surface area (Å²) in [4.78, 5) is 12.2. The highest BCUT2D eigenvalue weighted by Crippen LogP contribution is 2.18. The molecule has 3 rings (SSSR count). The van der Waals surface area contributed by atoms with E-state index >= 15 is 0 Å². The molecule has 0 aliphatic carbocycles. The van der Waals surface area contributed by atoms with Crippen LogP contribution in [0.4, 0.5) is 0 Å². The summed E-state index contributed by atoms with van der Waals surface area (Å²) in [5, 5.41) is 19.7. The van der Waals surface area contributed by atoms with Crippen molar-refractivity contribution in [3.63, 3.8) is 0 Å². The first-order valence-electron chi connectivity index (χ1n) is 9.02. The van der Waals surface area contributed by atoms with Crippen LogP contribution >= 0.6 is 0 Å². The monoisotopic (exact) mass is 371 g/mol. The van der Waals surface area contributed by atoms with Gasteiger partial charge in [-0.1, -0.05) is 0 Å². The zero-order valence-electron chi connectivity index (χ0n) is 16.4. The lowest BCUT2D eigenvalue weighted by atomic mass is 10.2. The molecule has 3 aromatic rings. The number of rotatable bonds is 7. The average molecular weight is 371 g/mol. The second kappa shape index (κ2) is 7.73. The molecule has 9 heteroatoms. The Morgan fingerprint density at radius 3 is 2.63 bits per heavy atom. The summed E-state index contributed by atoms with van der Waals surface area (Å²) in [6, 6.07) is 1.88. The van der Waals surface area contributed by atoms with Gasteiger partial charge in [0.2, 0.25) is 11.8 Å². The third-order valence-corrected chi connectivity index (χ3v) is 4.55. The van der Waals surface area contributed by atoms with Crippen molar-refractivity contribution in [1.29, 1.82) is 0 Å². The number of amides is 1.